The summed E-state index contributed by atoms with van der Waals surface area (Å²) >= 11 is 1.52. The zero-order chi connectivity index (χ0) is 20.6. The number of aryl methyl sites for hydroxylation is 1. The Morgan fingerprint density at radius 1 is 1.07 bits per heavy atom. The zero-order valence-corrected chi connectivity index (χ0v) is 19.4. The molecule has 0 amide bonds. The normalized spacial score (nSPS) is 20.9. The second kappa shape index (κ2) is 11.1. The quantitative estimate of drug-likeness (QED) is 0.521. The van der Waals surface area contributed by atoms with E-state index < -0.39 is 0 Å². The fourth-order valence-electron chi connectivity index (χ4n) is 4.02. The molecule has 8 nitrogen and oxygen atoms in total. The molecule has 1 aromatic rings. The molecule has 0 spiro atoms. The van der Waals surface area contributed by atoms with E-state index in [-0.39, 0.29) is 0 Å². The van der Waals surface area contributed by atoms with Gasteiger partial charge in [-0.1, -0.05) is 20.8 Å². The van der Waals surface area contributed by atoms with Gasteiger partial charge in [-0.25, -0.2) is 4.98 Å². The maximum absolute atomic E-state index is 4.63. The third kappa shape index (κ3) is 6.26. The van der Waals surface area contributed by atoms with Gasteiger partial charge in [0.25, 0.3) is 0 Å². The Hall–Kier alpha value is -1.45. The number of likely N-dealkylation sites (N-methyl/N-ethyl adjacent to an activating group) is 1. The number of anilines is 1. The first-order chi connectivity index (χ1) is 14.1. The molecule has 2 fully saturated rings. The standard InChI is InChI=1S/C20H38N8S/c1-5-18-23-20(29-24-18)28-13-11-27(12-14-28)19(21-4)22-15-17(3)16-26-9-7-25(6-2)8-10-26/h17H,5-16H2,1-4H3,(H,21,22). The van der Waals surface area contributed by atoms with Gasteiger partial charge in [-0.05, 0) is 12.5 Å². The molecule has 0 aliphatic carbocycles. The summed E-state index contributed by atoms with van der Waals surface area (Å²) in [5.74, 6) is 2.59. The van der Waals surface area contributed by atoms with Crippen molar-refractivity contribution < 1.29 is 0 Å². The molecule has 164 valence electrons. The van der Waals surface area contributed by atoms with E-state index in [1.54, 1.807) is 0 Å². The Kier molecular flexibility index (Phi) is 8.50. The van der Waals surface area contributed by atoms with Crippen LogP contribution in [0.5, 0.6) is 0 Å². The molecule has 2 saturated heterocycles. The van der Waals surface area contributed by atoms with Gasteiger partial charge in [0, 0.05) is 90.4 Å². The summed E-state index contributed by atoms with van der Waals surface area (Å²) in [5.41, 5.74) is 0. The van der Waals surface area contributed by atoms with E-state index in [1.165, 1.54) is 44.3 Å². The van der Waals surface area contributed by atoms with Crippen LogP contribution in [0.4, 0.5) is 5.13 Å². The number of hydrogen-bond acceptors (Lipinski definition) is 7. The molecule has 29 heavy (non-hydrogen) atoms. The summed E-state index contributed by atoms with van der Waals surface area (Å²) < 4.78 is 4.42. The summed E-state index contributed by atoms with van der Waals surface area (Å²) in [6, 6.07) is 0. The van der Waals surface area contributed by atoms with Crippen molar-refractivity contribution in [3.05, 3.63) is 5.82 Å². The lowest BCUT2D eigenvalue weighted by Gasteiger charge is -2.37. The summed E-state index contributed by atoms with van der Waals surface area (Å²) in [6.45, 7) is 18.7. The van der Waals surface area contributed by atoms with Crippen LogP contribution < -0.4 is 10.2 Å². The van der Waals surface area contributed by atoms with E-state index >= 15 is 0 Å². The van der Waals surface area contributed by atoms with Crippen LogP contribution in [-0.4, -0.2) is 109 Å². The highest BCUT2D eigenvalue weighted by molar-refractivity contribution is 7.09. The van der Waals surface area contributed by atoms with Gasteiger partial charge in [-0.15, -0.1) is 0 Å². The average Bonchev–Trinajstić information content (AvgIpc) is 3.24. The molecule has 0 aromatic carbocycles. The molecule has 1 aromatic heterocycles. The van der Waals surface area contributed by atoms with Crippen molar-refractivity contribution in [3.63, 3.8) is 0 Å². The molecule has 2 aliphatic rings. The summed E-state index contributed by atoms with van der Waals surface area (Å²) in [5, 5.41) is 4.67. The monoisotopic (exact) mass is 422 g/mol. The van der Waals surface area contributed by atoms with Crippen molar-refractivity contribution in [1.29, 1.82) is 0 Å². The van der Waals surface area contributed by atoms with E-state index in [4.69, 9.17) is 0 Å². The first kappa shape index (κ1) is 22.2. The van der Waals surface area contributed by atoms with Gasteiger partial charge in [-0.2, -0.15) is 4.37 Å². The fraction of sp³-hybridized carbons (Fsp3) is 0.850. The Labute approximate surface area is 180 Å². The SMILES string of the molecule is CCc1nsc(N2CCN(C(=NC)NCC(C)CN3CCN(CC)CC3)CC2)n1. The number of guanidine groups is 1. The van der Waals surface area contributed by atoms with Crippen LogP contribution in [0, 0.1) is 5.92 Å². The molecule has 1 atom stereocenters. The Morgan fingerprint density at radius 2 is 1.76 bits per heavy atom. The highest BCUT2D eigenvalue weighted by atomic mass is 32.1. The van der Waals surface area contributed by atoms with Crippen LogP contribution in [0.1, 0.15) is 26.6 Å². The second-order valence-electron chi connectivity index (χ2n) is 8.09. The molecular weight excluding hydrogens is 384 g/mol. The smallest absolute Gasteiger partial charge is 0.205 e. The van der Waals surface area contributed by atoms with Crippen LogP contribution >= 0.6 is 11.5 Å². The molecule has 3 rings (SSSR count). The van der Waals surface area contributed by atoms with Crippen molar-refractivity contribution in [1.82, 2.24) is 29.4 Å². The molecule has 1 unspecified atom stereocenters. The first-order valence-corrected chi connectivity index (χ1v) is 11.9. The van der Waals surface area contributed by atoms with Gasteiger partial charge in [0.15, 0.2) is 5.96 Å². The van der Waals surface area contributed by atoms with Crippen LogP contribution in [-0.2, 0) is 6.42 Å². The molecule has 9 heteroatoms. The Balaban J connectivity index is 1.39. The van der Waals surface area contributed by atoms with E-state index in [0.717, 1.165) is 62.6 Å². The molecule has 0 radical (unpaired) electrons. The molecular formula is C20H38N8S. The molecule has 0 bridgehead atoms. The lowest BCUT2D eigenvalue weighted by Crippen LogP contribution is -2.53. The van der Waals surface area contributed by atoms with Gasteiger partial charge in [-0.3, -0.25) is 4.99 Å². The van der Waals surface area contributed by atoms with Gasteiger partial charge in [0.2, 0.25) is 5.13 Å². The van der Waals surface area contributed by atoms with Crippen molar-refractivity contribution in [3.8, 4) is 0 Å². The lowest BCUT2D eigenvalue weighted by molar-refractivity contribution is 0.124. The van der Waals surface area contributed by atoms with E-state index in [9.17, 15) is 0 Å². The van der Waals surface area contributed by atoms with Crippen molar-refractivity contribution in [2.24, 2.45) is 10.9 Å². The highest BCUT2D eigenvalue weighted by Gasteiger charge is 2.23. The average molecular weight is 423 g/mol. The summed E-state index contributed by atoms with van der Waals surface area (Å²) in [4.78, 5) is 19.0. The van der Waals surface area contributed by atoms with Gasteiger partial charge < -0.3 is 24.9 Å². The predicted octanol–water partition coefficient (Wildman–Crippen LogP) is 1.07. The number of rotatable bonds is 7. The summed E-state index contributed by atoms with van der Waals surface area (Å²) in [7, 11) is 1.89. The van der Waals surface area contributed by atoms with Gasteiger partial charge in [0.05, 0.1) is 0 Å². The third-order valence-corrected chi connectivity index (χ3v) is 6.74. The third-order valence-electron chi connectivity index (χ3n) is 5.93. The number of nitrogens with zero attached hydrogens (tertiary/aromatic N) is 7. The number of aromatic nitrogens is 2. The van der Waals surface area contributed by atoms with Crippen LogP contribution in [0.2, 0.25) is 0 Å². The first-order valence-electron chi connectivity index (χ1n) is 11.1. The van der Waals surface area contributed by atoms with Crippen LogP contribution in [0.25, 0.3) is 0 Å². The number of aliphatic imine (C=N–C) groups is 1. The Morgan fingerprint density at radius 3 is 2.34 bits per heavy atom. The number of hydrogen-bond donors (Lipinski definition) is 1. The molecule has 2 aliphatic heterocycles. The summed E-state index contributed by atoms with van der Waals surface area (Å²) in [6.07, 6.45) is 0.902. The van der Waals surface area contributed by atoms with Crippen LogP contribution in [0.3, 0.4) is 0 Å². The molecule has 1 N–H and O–H groups in total. The van der Waals surface area contributed by atoms with Gasteiger partial charge >= 0.3 is 0 Å². The molecule has 3 heterocycles. The van der Waals surface area contributed by atoms with Crippen LogP contribution in [0.15, 0.2) is 4.99 Å². The minimum absolute atomic E-state index is 0.607. The van der Waals surface area contributed by atoms with Gasteiger partial charge in [0.1, 0.15) is 5.82 Å². The van der Waals surface area contributed by atoms with Crippen molar-refractivity contribution in [2.45, 2.75) is 27.2 Å². The maximum Gasteiger partial charge on any atom is 0.205 e. The number of piperazine rings is 2. The Bertz CT molecular complexity index is 632. The minimum atomic E-state index is 0.607. The fourth-order valence-corrected chi connectivity index (χ4v) is 4.82. The predicted molar refractivity (Wildman–Crippen MR) is 122 cm³/mol. The topological polar surface area (TPSA) is 63.1 Å². The maximum atomic E-state index is 4.63. The highest BCUT2D eigenvalue weighted by Crippen LogP contribution is 2.19. The number of nitrogens with one attached hydrogen (secondary N) is 1. The van der Waals surface area contributed by atoms with Crippen molar-refractivity contribution in [2.75, 3.05) is 83.9 Å². The van der Waals surface area contributed by atoms with Crippen molar-refractivity contribution >= 4 is 22.6 Å². The second-order valence-corrected chi connectivity index (χ2v) is 8.82. The van der Waals surface area contributed by atoms with E-state index in [2.05, 4.69) is 60.0 Å². The van der Waals surface area contributed by atoms with E-state index in [1.807, 2.05) is 7.05 Å². The largest absolute Gasteiger partial charge is 0.356 e. The van der Waals surface area contributed by atoms with E-state index in [0.29, 0.717) is 5.92 Å². The minimum Gasteiger partial charge on any atom is -0.356 e. The molecule has 0 saturated carbocycles. The lowest BCUT2D eigenvalue weighted by atomic mass is 10.1. The zero-order valence-electron chi connectivity index (χ0n) is 18.6.